The topological polar surface area (TPSA) is 91.0 Å². The summed E-state index contributed by atoms with van der Waals surface area (Å²) >= 11 is 0. The highest BCUT2D eigenvalue weighted by molar-refractivity contribution is 6.06. The maximum absolute atomic E-state index is 11.9. The second kappa shape index (κ2) is 5.88. The fourth-order valence-corrected chi connectivity index (χ4v) is 1.83. The number of hydrogen-bond acceptors (Lipinski definition) is 2. The maximum atomic E-state index is 11.9. The van der Waals surface area contributed by atoms with Crippen LogP contribution in [0.15, 0.2) is 48.5 Å². The van der Waals surface area contributed by atoms with Gasteiger partial charge in [0.2, 0.25) is 0 Å². The van der Waals surface area contributed by atoms with E-state index < -0.39 is 0 Å². The van der Waals surface area contributed by atoms with Crippen LogP contribution in [-0.2, 0) is 0 Å². The van der Waals surface area contributed by atoms with Crippen molar-refractivity contribution in [3.63, 3.8) is 0 Å². The lowest BCUT2D eigenvalue weighted by molar-refractivity contribution is 0.262. The van der Waals surface area contributed by atoms with E-state index >= 15 is 0 Å². The van der Waals surface area contributed by atoms with Crippen molar-refractivity contribution in [2.45, 2.75) is 6.92 Å². The van der Waals surface area contributed by atoms with Gasteiger partial charge < -0.3 is 16.4 Å². The first-order valence-corrected chi connectivity index (χ1v) is 6.14. The van der Waals surface area contributed by atoms with Crippen LogP contribution in [0.3, 0.4) is 0 Å². The zero-order chi connectivity index (χ0) is 14.5. The molecule has 2 amide bonds. The van der Waals surface area contributed by atoms with Crippen molar-refractivity contribution in [2.24, 2.45) is 5.73 Å². The number of anilines is 2. The Bertz CT molecular complexity index is 652. The number of para-hydroxylation sites is 1. The molecule has 0 atom stereocenters. The standard InChI is InChI=1S/C15H16N4O/c1-10-5-4-6-11(9-10)18-15(20)19-13-8-3-2-7-12(13)14(16)17/h2-9H,1H3,(H3,16,17)(H2,18,19,20). The van der Waals surface area contributed by atoms with Gasteiger partial charge in [-0.25, -0.2) is 4.79 Å². The molecule has 2 rings (SSSR count). The summed E-state index contributed by atoms with van der Waals surface area (Å²) in [4.78, 5) is 11.9. The molecule has 0 spiro atoms. The zero-order valence-corrected chi connectivity index (χ0v) is 11.1. The van der Waals surface area contributed by atoms with Crippen LogP contribution >= 0.6 is 0 Å². The van der Waals surface area contributed by atoms with E-state index in [-0.39, 0.29) is 11.9 Å². The number of nitrogen functional groups attached to an aromatic ring is 1. The highest BCUT2D eigenvalue weighted by Crippen LogP contribution is 2.15. The van der Waals surface area contributed by atoms with E-state index in [4.69, 9.17) is 11.1 Å². The molecular formula is C15H16N4O. The summed E-state index contributed by atoms with van der Waals surface area (Å²) in [5.41, 5.74) is 8.24. The van der Waals surface area contributed by atoms with Crippen molar-refractivity contribution < 1.29 is 4.79 Å². The molecule has 5 heteroatoms. The molecular weight excluding hydrogens is 252 g/mol. The van der Waals surface area contributed by atoms with Gasteiger partial charge in [-0.1, -0.05) is 24.3 Å². The van der Waals surface area contributed by atoms with E-state index in [9.17, 15) is 4.79 Å². The van der Waals surface area contributed by atoms with Gasteiger partial charge in [0.25, 0.3) is 0 Å². The number of benzene rings is 2. The minimum Gasteiger partial charge on any atom is -0.384 e. The predicted octanol–water partition coefficient (Wildman–Crippen LogP) is 2.92. The van der Waals surface area contributed by atoms with Crippen LogP contribution < -0.4 is 16.4 Å². The fourth-order valence-electron chi connectivity index (χ4n) is 1.83. The van der Waals surface area contributed by atoms with Crippen LogP contribution in [0.4, 0.5) is 16.2 Å². The number of rotatable bonds is 3. The Morgan fingerprint density at radius 1 is 1.10 bits per heavy atom. The van der Waals surface area contributed by atoms with Crippen molar-refractivity contribution in [1.29, 1.82) is 5.41 Å². The number of hydrogen-bond donors (Lipinski definition) is 4. The number of amidine groups is 1. The summed E-state index contributed by atoms with van der Waals surface area (Å²) in [6.07, 6.45) is 0. The Hall–Kier alpha value is -2.82. The highest BCUT2D eigenvalue weighted by atomic mass is 16.2. The first kappa shape index (κ1) is 13.6. The lowest BCUT2D eigenvalue weighted by Gasteiger charge is -2.11. The van der Waals surface area contributed by atoms with E-state index in [0.717, 1.165) is 5.56 Å². The molecule has 102 valence electrons. The molecule has 5 N–H and O–H groups in total. The largest absolute Gasteiger partial charge is 0.384 e. The summed E-state index contributed by atoms with van der Waals surface area (Å²) < 4.78 is 0. The minimum absolute atomic E-state index is 0.0866. The van der Waals surface area contributed by atoms with Crippen molar-refractivity contribution in [2.75, 3.05) is 10.6 Å². The summed E-state index contributed by atoms with van der Waals surface area (Å²) in [5, 5.41) is 12.9. The van der Waals surface area contributed by atoms with Gasteiger partial charge in [0.1, 0.15) is 5.84 Å². The third-order valence-electron chi connectivity index (χ3n) is 2.74. The van der Waals surface area contributed by atoms with Gasteiger partial charge in [0.05, 0.1) is 5.69 Å². The Balaban J connectivity index is 2.11. The van der Waals surface area contributed by atoms with Gasteiger partial charge in [0.15, 0.2) is 0 Å². The van der Waals surface area contributed by atoms with Gasteiger partial charge in [-0.2, -0.15) is 0 Å². The lowest BCUT2D eigenvalue weighted by Crippen LogP contribution is -2.22. The lowest BCUT2D eigenvalue weighted by atomic mass is 10.1. The quantitative estimate of drug-likeness (QED) is 0.509. The number of nitrogens with two attached hydrogens (primary N) is 1. The summed E-state index contributed by atoms with van der Waals surface area (Å²) in [5.74, 6) is -0.0866. The number of urea groups is 1. The SMILES string of the molecule is Cc1cccc(NC(=O)Nc2ccccc2C(=N)N)c1. The van der Waals surface area contributed by atoms with Crippen LogP contribution in [0.1, 0.15) is 11.1 Å². The Morgan fingerprint density at radius 2 is 1.85 bits per heavy atom. The number of aryl methyl sites for hydroxylation is 1. The third kappa shape index (κ3) is 3.35. The first-order valence-electron chi connectivity index (χ1n) is 6.14. The molecule has 5 nitrogen and oxygen atoms in total. The molecule has 0 aliphatic rings. The van der Waals surface area contributed by atoms with Crippen molar-refractivity contribution in [3.8, 4) is 0 Å². The van der Waals surface area contributed by atoms with E-state index in [2.05, 4.69) is 10.6 Å². The number of carbonyl (C=O) groups excluding carboxylic acids is 1. The van der Waals surface area contributed by atoms with Gasteiger partial charge in [-0.15, -0.1) is 0 Å². The molecule has 0 fully saturated rings. The first-order chi connectivity index (χ1) is 9.56. The normalized spacial score (nSPS) is 9.85. The van der Waals surface area contributed by atoms with E-state index in [1.54, 1.807) is 24.3 Å². The second-order valence-corrected chi connectivity index (χ2v) is 4.41. The van der Waals surface area contributed by atoms with E-state index in [1.165, 1.54) is 0 Å². The summed E-state index contributed by atoms with van der Waals surface area (Å²) in [6.45, 7) is 1.95. The van der Waals surface area contributed by atoms with Crippen LogP contribution in [0.2, 0.25) is 0 Å². The van der Waals surface area contributed by atoms with E-state index in [1.807, 2.05) is 31.2 Å². The average Bonchev–Trinajstić information content (AvgIpc) is 2.38. The molecule has 0 aromatic heterocycles. The van der Waals surface area contributed by atoms with Crippen molar-refractivity contribution in [1.82, 2.24) is 0 Å². The number of nitrogens with one attached hydrogen (secondary N) is 3. The average molecular weight is 268 g/mol. The predicted molar refractivity (Wildman–Crippen MR) is 81.3 cm³/mol. The third-order valence-corrected chi connectivity index (χ3v) is 2.74. The maximum Gasteiger partial charge on any atom is 0.323 e. The molecule has 0 heterocycles. The molecule has 20 heavy (non-hydrogen) atoms. The molecule has 0 saturated heterocycles. The number of carbonyl (C=O) groups is 1. The van der Waals surface area contributed by atoms with E-state index in [0.29, 0.717) is 16.9 Å². The van der Waals surface area contributed by atoms with Crippen LogP contribution in [-0.4, -0.2) is 11.9 Å². The van der Waals surface area contributed by atoms with Crippen LogP contribution in [0.25, 0.3) is 0 Å². The zero-order valence-electron chi connectivity index (χ0n) is 11.1. The van der Waals surface area contributed by atoms with Crippen LogP contribution in [0.5, 0.6) is 0 Å². The van der Waals surface area contributed by atoms with Gasteiger partial charge >= 0.3 is 6.03 Å². The smallest absolute Gasteiger partial charge is 0.323 e. The Kier molecular flexibility index (Phi) is 4.00. The molecule has 2 aromatic rings. The molecule has 2 aromatic carbocycles. The van der Waals surface area contributed by atoms with Crippen molar-refractivity contribution in [3.05, 3.63) is 59.7 Å². The van der Waals surface area contributed by atoms with Gasteiger partial charge in [0, 0.05) is 11.3 Å². The minimum atomic E-state index is -0.371. The van der Waals surface area contributed by atoms with Gasteiger partial charge in [-0.05, 0) is 36.8 Å². The highest BCUT2D eigenvalue weighted by Gasteiger charge is 2.08. The molecule has 0 bridgehead atoms. The molecule has 0 unspecified atom stereocenters. The Morgan fingerprint density at radius 3 is 2.55 bits per heavy atom. The fraction of sp³-hybridized carbons (Fsp3) is 0.0667. The summed E-state index contributed by atoms with van der Waals surface area (Å²) in [7, 11) is 0. The number of amides is 2. The van der Waals surface area contributed by atoms with Crippen molar-refractivity contribution >= 4 is 23.2 Å². The second-order valence-electron chi connectivity index (χ2n) is 4.41. The van der Waals surface area contributed by atoms with Crippen LogP contribution in [0, 0.1) is 12.3 Å². The summed E-state index contributed by atoms with van der Waals surface area (Å²) in [6, 6.07) is 14.1. The molecule has 0 saturated carbocycles. The molecule has 0 aliphatic heterocycles. The molecule has 0 aliphatic carbocycles. The van der Waals surface area contributed by atoms with Gasteiger partial charge in [-0.3, -0.25) is 5.41 Å². The molecule has 0 radical (unpaired) electrons. The Labute approximate surface area is 117 Å². The monoisotopic (exact) mass is 268 g/mol.